The van der Waals surface area contributed by atoms with E-state index in [0.717, 1.165) is 32.5 Å². The number of likely N-dealkylation sites (tertiary alicyclic amines) is 1. The zero-order valence-corrected chi connectivity index (χ0v) is 14.6. The summed E-state index contributed by atoms with van der Waals surface area (Å²) >= 11 is 0. The molecule has 2 aliphatic rings. The van der Waals surface area contributed by atoms with Crippen molar-refractivity contribution in [3.63, 3.8) is 0 Å². The molecule has 1 saturated heterocycles. The highest BCUT2D eigenvalue weighted by Gasteiger charge is 2.44. The fraction of sp³-hybridized carbons (Fsp3) is 0.765. The molecule has 1 aromatic rings. The lowest BCUT2D eigenvalue weighted by Gasteiger charge is -2.40. The van der Waals surface area contributed by atoms with Gasteiger partial charge in [-0.1, -0.05) is 0 Å². The van der Waals surface area contributed by atoms with E-state index in [1.54, 1.807) is 18.0 Å². The minimum absolute atomic E-state index is 0.120. The summed E-state index contributed by atoms with van der Waals surface area (Å²) in [5.74, 6) is 1.26. The predicted octanol–water partition coefficient (Wildman–Crippen LogP) is 1.33. The number of methoxy groups -OCH3 is 1. The second kappa shape index (κ2) is 6.61. The average molecular weight is 320 g/mol. The fourth-order valence-electron chi connectivity index (χ4n) is 4.18. The minimum atomic E-state index is 0.120. The smallest absolute Gasteiger partial charge is 0.257 e. The Balaban J connectivity index is 1.69. The van der Waals surface area contributed by atoms with Gasteiger partial charge in [0.1, 0.15) is 0 Å². The first-order valence-corrected chi connectivity index (χ1v) is 8.54. The predicted molar refractivity (Wildman–Crippen MR) is 88.3 cm³/mol. The van der Waals surface area contributed by atoms with Crippen LogP contribution in [0.3, 0.4) is 0 Å². The summed E-state index contributed by atoms with van der Waals surface area (Å²) in [6, 6.07) is 0.444. The lowest BCUT2D eigenvalue weighted by atomic mass is 9.77. The van der Waals surface area contributed by atoms with Crippen molar-refractivity contribution < 1.29 is 9.53 Å². The molecule has 1 aliphatic heterocycles. The number of aromatic nitrogens is 2. The number of hydrogen-bond acceptors (Lipinski definition) is 4. The number of carbonyl (C=O) groups excluding carboxylic acids is 1. The van der Waals surface area contributed by atoms with E-state index in [9.17, 15) is 4.79 Å². The average Bonchev–Trinajstić information content (AvgIpc) is 3.18. The van der Waals surface area contributed by atoms with E-state index in [4.69, 9.17) is 4.74 Å². The van der Waals surface area contributed by atoms with Crippen molar-refractivity contribution in [2.45, 2.75) is 38.5 Å². The van der Waals surface area contributed by atoms with E-state index in [1.165, 1.54) is 0 Å². The topological polar surface area (TPSA) is 50.6 Å². The second-order valence-electron chi connectivity index (χ2n) is 7.09. The maximum Gasteiger partial charge on any atom is 0.257 e. The Labute approximate surface area is 138 Å². The van der Waals surface area contributed by atoms with Gasteiger partial charge in [0.05, 0.1) is 17.9 Å². The Morgan fingerprint density at radius 1 is 1.35 bits per heavy atom. The van der Waals surface area contributed by atoms with Gasteiger partial charge in [-0.15, -0.1) is 0 Å². The van der Waals surface area contributed by atoms with Gasteiger partial charge in [0.25, 0.3) is 5.91 Å². The van der Waals surface area contributed by atoms with Crippen LogP contribution in [0.5, 0.6) is 0 Å². The van der Waals surface area contributed by atoms with Gasteiger partial charge >= 0.3 is 0 Å². The molecular formula is C17H28N4O2. The highest BCUT2D eigenvalue weighted by atomic mass is 16.5. The van der Waals surface area contributed by atoms with E-state index < -0.39 is 0 Å². The number of nitrogens with zero attached hydrogens (tertiary/aromatic N) is 4. The Bertz CT molecular complexity index is 557. The summed E-state index contributed by atoms with van der Waals surface area (Å²) in [5, 5.41) is 4.22. The molecule has 0 bridgehead atoms. The van der Waals surface area contributed by atoms with E-state index in [1.807, 2.05) is 18.0 Å². The zero-order valence-electron chi connectivity index (χ0n) is 14.6. The number of carbonyl (C=O) groups is 1. The summed E-state index contributed by atoms with van der Waals surface area (Å²) < 4.78 is 7.52. The maximum atomic E-state index is 12.7. The number of hydrogen-bond donors (Lipinski definition) is 0. The Hall–Kier alpha value is -1.40. The van der Waals surface area contributed by atoms with Crippen molar-refractivity contribution >= 4 is 5.91 Å². The third-order valence-electron chi connectivity index (χ3n) is 5.54. The summed E-state index contributed by atoms with van der Waals surface area (Å²) in [6.45, 7) is 4.53. The number of rotatable bonds is 4. The van der Waals surface area contributed by atoms with Crippen LogP contribution < -0.4 is 0 Å². The Kier molecular flexibility index (Phi) is 4.73. The van der Waals surface area contributed by atoms with E-state index in [-0.39, 0.29) is 12.0 Å². The molecular weight excluding hydrogens is 292 g/mol. The molecule has 1 saturated carbocycles. The molecule has 6 nitrogen and oxygen atoms in total. The van der Waals surface area contributed by atoms with Gasteiger partial charge < -0.3 is 14.5 Å². The molecule has 2 heterocycles. The number of fused-ring (bicyclic) bond motifs is 1. The molecule has 4 atom stereocenters. The van der Waals surface area contributed by atoms with Crippen LogP contribution in [0.2, 0.25) is 0 Å². The van der Waals surface area contributed by atoms with Crippen LogP contribution in [-0.4, -0.2) is 71.9 Å². The van der Waals surface area contributed by atoms with Gasteiger partial charge in [0.2, 0.25) is 0 Å². The molecule has 6 heteroatoms. The summed E-state index contributed by atoms with van der Waals surface area (Å²) in [7, 11) is 6.04. The van der Waals surface area contributed by atoms with Crippen LogP contribution in [0.4, 0.5) is 0 Å². The monoisotopic (exact) mass is 320 g/mol. The first-order chi connectivity index (χ1) is 11.0. The first-order valence-electron chi connectivity index (χ1n) is 8.54. The third kappa shape index (κ3) is 3.15. The molecule has 0 N–H and O–H groups in total. The van der Waals surface area contributed by atoms with Gasteiger partial charge in [0, 0.05) is 39.0 Å². The van der Waals surface area contributed by atoms with Crippen LogP contribution in [0.25, 0.3) is 0 Å². The number of aryl methyl sites for hydroxylation is 1. The van der Waals surface area contributed by atoms with E-state index in [2.05, 4.69) is 24.1 Å². The summed E-state index contributed by atoms with van der Waals surface area (Å²) in [5.41, 5.74) is 0.706. The van der Waals surface area contributed by atoms with E-state index >= 15 is 0 Å². The van der Waals surface area contributed by atoms with Crippen LogP contribution in [-0.2, 0) is 11.3 Å². The molecule has 0 aromatic carbocycles. The molecule has 1 amide bonds. The number of likely N-dealkylation sites (N-methyl/N-ethyl adjacent to an activating group) is 1. The van der Waals surface area contributed by atoms with Crippen molar-refractivity contribution in [1.29, 1.82) is 0 Å². The molecule has 0 spiro atoms. The van der Waals surface area contributed by atoms with Crippen LogP contribution in [0.15, 0.2) is 12.4 Å². The molecule has 3 rings (SSSR count). The first kappa shape index (κ1) is 16.5. The standard InChI is InChI=1S/C17H28N4O2/c1-5-21-11-14(8-18-21)17(22)20-9-12-6-15(19(2)3)16(23-4)7-13(12)10-20/h8,11-13,15-16H,5-7,9-10H2,1-4H3/t12-,13+,15-,16-/m1/s1. The molecule has 23 heavy (non-hydrogen) atoms. The van der Waals surface area contributed by atoms with Crippen LogP contribution in [0.1, 0.15) is 30.1 Å². The minimum Gasteiger partial charge on any atom is -0.380 e. The van der Waals surface area contributed by atoms with Crippen molar-refractivity contribution in [3.8, 4) is 0 Å². The number of amides is 1. The van der Waals surface area contributed by atoms with Gasteiger partial charge in [0.15, 0.2) is 0 Å². The van der Waals surface area contributed by atoms with Gasteiger partial charge in [-0.2, -0.15) is 5.10 Å². The number of ether oxygens (including phenoxy) is 1. The zero-order chi connectivity index (χ0) is 16.6. The van der Waals surface area contributed by atoms with Crippen molar-refractivity contribution in [2.24, 2.45) is 11.8 Å². The van der Waals surface area contributed by atoms with Gasteiger partial charge in [-0.3, -0.25) is 9.48 Å². The third-order valence-corrected chi connectivity index (χ3v) is 5.54. The SMILES string of the molecule is CCn1cc(C(=O)N2C[C@H]3C[C@@H](N(C)C)[C@H](OC)C[C@H]3C2)cn1. The van der Waals surface area contributed by atoms with Gasteiger partial charge in [-0.25, -0.2) is 0 Å². The molecule has 1 aromatic heterocycles. The van der Waals surface area contributed by atoms with E-state index in [0.29, 0.717) is 23.4 Å². The molecule has 0 radical (unpaired) electrons. The normalized spacial score (nSPS) is 30.7. The Morgan fingerprint density at radius 2 is 2.04 bits per heavy atom. The highest BCUT2D eigenvalue weighted by Crippen LogP contribution is 2.39. The quantitative estimate of drug-likeness (QED) is 0.840. The maximum absolute atomic E-state index is 12.7. The van der Waals surface area contributed by atoms with Crippen molar-refractivity contribution in [3.05, 3.63) is 18.0 Å². The second-order valence-corrected chi connectivity index (χ2v) is 7.09. The molecule has 128 valence electrons. The Morgan fingerprint density at radius 3 is 2.61 bits per heavy atom. The van der Waals surface area contributed by atoms with Crippen molar-refractivity contribution in [1.82, 2.24) is 19.6 Å². The molecule has 1 aliphatic carbocycles. The molecule has 0 unspecified atom stereocenters. The fourth-order valence-corrected chi connectivity index (χ4v) is 4.18. The largest absolute Gasteiger partial charge is 0.380 e. The molecule has 2 fully saturated rings. The van der Waals surface area contributed by atoms with Gasteiger partial charge in [-0.05, 0) is 45.7 Å². The lowest BCUT2D eigenvalue weighted by molar-refractivity contribution is -0.0209. The summed E-state index contributed by atoms with van der Waals surface area (Å²) in [6.07, 6.45) is 5.96. The van der Waals surface area contributed by atoms with Crippen molar-refractivity contribution in [2.75, 3.05) is 34.3 Å². The summed E-state index contributed by atoms with van der Waals surface area (Å²) in [4.78, 5) is 17.0. The van der Waals surface area contributed by atoms with Crippen LogP contribution >= 0.6 is 0 Å². The van der Waals surface area contributed by atoms with Crippen LogP contribution in [0, 0.1) is 11.8 Å². The lowest BCUT2D eigenvalue weighted by Crippen LogP contribution is -2.47. The highest BCUT2D eigenvalue weighted by molar-refractivity contribution is 5.93.